The molecule has 2 N–H and O–H groups in total. The molecule has 0 atom stereocenters. The maximum Gasteiger partial charge on any atom is 0.255 e. The Morgan fingerprint density at radius 3 is 2.35 bits per heavy atom. The number of benzene rings is 2. The van der Waals surface area contributed by atoms with Crippen molar-refractivity contribution >= 4 is 28.3 Å². The van der Waals surface area contributed by atoms with Crippen LogP contribution in [0.3, 0.4) is 0 Å². The van der Waals surface area contributed by atoms with E-state index in [0.29, 0.717) is 27.2 Å². The normalized spacial score (nSPS) is 11.0. The van der Waals surface area contributed by atoms with Crippen molar-refractivity contribution in [1.82, 2.24) is 15.5 Å². The van der Waals surface area contributed by atoms with Crippen molar-refractivity contribution in [2.75, 3.05) is 19.5 Å². The lowest BCUT2D eigenvalue weighted by Gasteiger charge is -2.25. The Morgan fingerprint density at radius 2 is 1.71 bits per heavy atom. The molecule has 0 aliphatic heterocycles. The number of aryl methyl sites for hydroxylation is 1. The first kappa shape index (κ1) is 22.2. The van der Waals surface area contributed by atoms with Crippen LogP contribution in [0.2, 0.25) is 0 Å². The van der Waals surface area contributed by atoms with Crippen LogP contribution in [0.15, 0.2) is 42.5 Å². The van der Waals surface area contributed by atoms with Crippen LogP contribution in [0.4, 0.5) is 5.13 Å². The standard InChI is InChI=1S/C22H24N4O4S/c1-13-6-8-14(9-7-13)19-25-26-21(31-19)23-20(28)22(2,3)24-18(27)16-11-10-15(29-4)12-17(16)30-5/h6-12H,1-5H3,(H,24,27)(H,23,26,28). The van der Waals surface area contributed by atoms with Gasteiger partial charge in [-0.25, -0.2) is 0 Å². The van der Waals surface area contributed by atoms with E-state index < -0.39 is 17.4 Å². The number of hydrogen-bond acceptors (Lipinski definition) is 7. The van der Waals surface area contributed by atoms with Gasteiger partial charge in [-0.3, -0.25) is 14.9 Å². The largest absolute Gasteiger partial charge is 0.497 e. The molecule has 0 radical (unpaired) electrons. The topological polar surface area (TPSA) is 102 Å². The van der Waals surface area contributed by atoms with Gasteiger partial charge in [-0.05, 0) is 32.9 Å². The highest BCUT2D eigenvalue weighted by atomic mass is 32.1. The molecule has 31 heavy (non-hydrogen) atoms. The molecule has 3 rings (SSSR count). The molecule has 9 heteroatoms. The Balaban J connectivity index is 1.70. The van der Waals surface area contributed by atoms with E-state index in [9.17, 15) is 9.59 Å². The van der Waals surface area contributed by atoms with Gasteiger partial charge in [0, 0.05) is 11.6 Å². The monoisotopic (exact) mass is 440 g/mol. The molecule has 0 aliphatic carbocycles. The molecule has 0 aliphatic rings. The van der Waals surface area contributed by atoms with Crippen LogP contribution in [0.25, 0.3) is 10.6 Å². The smallest absolute Gasteiger partial charge is 0.255 e. The van der Waals surface area contributed by atoms with Crippen molar-refractivity contribution in [1.29, 1.82) is 0 Å². The summed E-state index contributed by atoms with van der Waals surface area (Å²) in [6, 6.07) is 12.7. The summed E-state index contributed by atoms with van der Waals surface area (Å²) in [6.07, 6.45) is 0. The van der Waals surface area contributed by atoms with Crippen LogP contribution >= 0.6 is 11.3 Å². The zero-order valence-electron chi connectivity index (χ0n) is 18.0. The van der Waals surface area contributed by atoms with E-state index in [1.165, 1.54) is 25.6 Å². The molecule has 162 valence electrons. The maximum absolute atomic E-state index is 12.8. The van der Waals surface area contributed by atoms with Gasteiger partial charge in [0.05, 0.1) is 19.8 Å². The van der Waals surface area contributed by atoms with Gasteiger partial charge in [0.1, 0.15) is 22.0 Å². The van der Waals surface area contributed by atoms with Crippen LogP contribution in [-0.4, -0.2) is 41.8 Å². The van der Waals surface area contributed by atoms with Crippen molar-refractivity contribution in [3.05, 3.63) is 53.6 Å². The fraction of sp³-hybridized carbons (Fsp3) is 0.273. The molecule has 0 fully saturated rings. The first-order valence-electron chi connectivity index (χ1n) is 9.50. The molecule has 2 aromatic carbocycles. The number of carbonyl (C=O) groups excluding carboxylic acids is 2. The van der Waals surface area contributed by atoms with Gasteiger partial charge < -0.3 is 14.8 Å². The van der Waals surface area contributed by atoms with Gasteiger partial charge in [0.25, 0.3) is 11.8 Å². The Bertz CT molecular complexity index is 1090. The minimum absolute atomic E-state index is 0.293. The van der Waals surface area contributed by atoms with E-state index in [2.05, 4.69) is 20.8 Å². The second-order valence-electron chi connectivity index (χ2n) is 7.38. The minimum atomic E-state index is -1.21. The molecule has 0 spiro atoms. The van der Waals surface area contributed by atoms with Crippen LogP contribution in [0.1, 0.15) is 29.8 Å². The van der Waals surface area contributed by atoms with Crippen molar-refractivity contribution in [2.45, 2.75) is 26.3 Å². The number of nitrogens with one attached hydrogen (secondary N) is 2. The number of aromatic nitrogens is 2. The molecule has 0 saturated heterocycles. The third kappa shape index (κ3) is 5.18. The third-order valence-electron chi connectivity index (χ3n) is 4.59. The van der Waals surface area contributed by atoms with Crippen LogP contribution < -0.4 is 20.1 Å². The average Bonchev–Trinajstić information content (AvgIpc) is 3.21. The number of rotatable bonds is 7. The van der Waals surface area contributed by atoms with Crippen molar-refractivity contribution in [2.24, 2.45) is 0 Å². The number of carbonyl (C=O) groups is 2. The Morgan fingerprint density at radius 1 is 1.00 bits per heavy atom. The number of hydrogen-bond donors (Lipinski definition) is 2. The predicted octanol–water partition coefficient (Wildman–Crippen LogP) is 3.68. The van der Waals surface area contributed by atoms with Gasteiger partial charge in [-0.1, -0.05) is 41.2 Å². The van der Waals surface area contributed by atoms with Gasteiger partial charge in [-0.15, -0.1) is 10.2 Å². The lowest BCUT2D eigenvalue weighted by molar-refractivity contribution is -0.120. The summed E-state index contributed by atoms with van der Waals surface area (Å²) in [5.41, 5.74) is 1.15. The molecule has 1 heterocycles. The molecule has 2 amide bonds. The zero-order chi connectivity index (χ0) is 22.6. The first-order valence-corrected chi connectivity index (χ1v) is 10.3. The van der Waals surface area contributed by atoms with Crippen LogP contribution in [0, 0.1) is 6.92 Å². The fourth-order valence-corrected chi connectivity index (χ4v) is 3.48. The summed E-state index contributed by atoms with van der Waals surface area (Å²) in [5, 5.41) is 14.7. The summed E-state index contributed by atoms with van der Waals surface area (Å²) in [6.45, 7) is 5.23. The fourth-order valence-electron chi connectivity index (χ4n) is 2.73. The number of amides is 2. The van der Waals surface area contributed by atoms with Crippen molar-refractivity contribution in [3.63, 3.8) is 0 Å². The SMILES string of the molecule is COc1ccc(C(=O)NC(C)(C)C(=O)Nc2nnc(-c3ccc(C)cc3)s2)c(OC)c1. The highest BCUT2D eigenvalue weighted by molar-refractivity contribution is 7.18. The maximum atomic E-state index is 12.8. The molecule has 3 aromatic rings. The molecule has 0 unspecified atom stereocenters. The van der Waals surface area contributed by atoms with E-state index in [0.717, 1.165) is 11.1 Å². The van der Waals surface area contributed by atoms with E-state index >= 15 is 0 Å². The minimum Gasteiger partial charge on any atom is -0.497 e. The Hall–Kier alpha value is -3.46. The quantitative estimate of drug-likeness (QED) is 0.581. The summed E-state index contributed by atoms with van der Waals surface area (Å²) in [7, 11) is 2.99. The highest BCUT2D eigenvalue weighted by Crippen LogP contribution is 2.28. The van der Waals surface area contributed by atoms with E-state index in [4.69, 9.17) is 9.47 Å². The van der Waals surface area contributed by atoms with E-state index in [-0.39, 0.29) is 0 Å². The van der Waals surface area contributed by atoms with Crippen LogP contribution in [-0.2, 0) is 4.79 Å². The van der Waals surface area contributed by atoms with Gasteiger partial charge >= 0.3 is 0 Å². The predicted molar refractivity (Wildman–Crippen MR) is 120 cm³/mol. The first-order chi connectivity index (χ1) is 14.7. The Labute approximate surface area is 184 Å². The highest BCUT2D eigenvalue weighted by Gasteiger charge is 2.31. The summed E-state index contributed by atoms with van der Waals surface area (Å²) in [5.74, 6) is 0.0446. The molecule has 0 saturated carbocycles. The number of ether oxygens (including phenoxy) is 2. The van der Waals surface area contributed by atoms with E-state index in [1.54, 1.807) is 32.0 Å². The summed E-state index contributed by atoms with van der Waals surface area (Å²) in [4.78, 5) is 25.6. The number of nitrogens with zero attached hydrogens (tertiary/aromatic N) is 2. The van der Waals surface area contributed by atoms with E-state index in [1.807, 2.05) is 31.2 Å². The number of methoxy groups -OCH3 is 2. The van der Waals surface area contributed by atoms with Crippen LogP contribution in [0.5, 0.6) is 11.5 Å². The lowest BCUT2D eigenvalue weighted by Crippen LogP contribution is -2.52. The molecule has 0 bridgehead atoms. The van der Waals surface area contributed by atoms with Crippen molar-refractivity contribution < 1.29 is 19.1 Å². The average molecular weight is 441 g/mol. The van der Waals surface area contributed by atoms with Gasteiger partial charge in [-0.2, -0.15) is 0 Å². The molecular weight excluding hydrogens is 416 g/mol. The Kier molecular flexibility index (Phi) is 6.55. The van der Waals surface area contributed by atoms with Gasteiger partial charge in [0.15, 0.2) is 0 Å². The number of anilines is 1. The lowest BCUT2D eigenvalue weighted by atomic mass is 10.0. The molecule has 1 aromatic heterocycles. The third-order valence-corrected chi connectivity index (χ3v) is 5.48. The van der Waals surface area contributed by atoms with Crippen molar-refractivity contribution in [3.8, 4) is 22.1 Å². The second-order valence-corrected chi connectivity index (χ2v) is 8.36. The summed E-state index contributed by atoms with van der Waals surface area (Å²) < 4.78 is 10.4. The zero-order valence-corrected chi connectivity index (χ0v) is 18.8. The summed E-state index contributed by atoms with van der Waals surface area (Å²) >= 11 is 1.26. The molecule has 8 nitrogen and oxygen atoms in total. The molecular formula is C22H24N4O4S. The second kappa shape index (κ2) is 9.13. The van der Waals surface area contributed by atoms with Gasteiger partial charge in [0.2, 0.25) is 5.13 Å².